The highest BCUT2D eigenvalue weighted by Crippen LogP contribution is 2.35. The quantitative estimate of drug-likeness (QED) is 0.754. The van der Waals surface area contributed by atoms with Gasteiger partial charge in [-0.05, 0) is 67.9 Å². The number of aromatic nitrogens is 1. The average molecular weight is 447 g/mol. The Morgan fingerprint density at radius 1 is 1.23 bits per heavy atom. The first-order chi connectivity index (χ1) is 14.5. The molecular weight excluding hydrogens is 420 g/mol. The van der Waals surface area contributed by atoms with Crippen LogP contribution in [-0.4, -0.2) is 52.8 Å². The van der Waals surface area contributed by atoms with Gasteiger partial charge in [0, 0.05) is 23.5 Å². The Morgan fingerprint density at radius 2 is 2.03 bits per heavy atom. The molecule has 4 heterocycles. The van der Waals surface area contributed by atoms with Gasteiger partial charge in [-0.2, -0.15) is 0 Å². The molecule has 0 aliphatic carbocycles. The number of hydrogen-bond acceptors (Lipinski definition) is 5. The minimum Gasteiger partial charge on any atom is -0.334 e. The van der Waals surface area contributed by atoms with E-state index in [1.807, 2.05) is 0 Å². The third kappa shape index (κ3) is 4.68. The standard InChI is InChI=1S/C22H27ClN4O2S/c1-2-18-17-8-12-30-19(17)7-11-27(18)21(28)14-26-9-5-15(6-10-26)22(29)25-20-4-3-16(23)13-24-20/h3-4,8,12-13,15,18H,2,5-7,9-11,14H2,1H3,(H,24,25,29). The van der Waals surface area contributed by atoms with E-state index >= 15 is 0 Å². The number of amides is 2. The van der Waals surface area contributed by atoms with Crippen LogP contribution >= 0.6 is 22.9 Å². The molecule has 1 saturated heterocycles. The molecule has 1 unspecified atom stereocenters. The van der Waals surface area contributed by atoms with Crippen LogP contribution in [0.4, 0.5) is 5.82 Å². The van der Waals surface area contributed by atoms with Crippen molar-refractivity contribution >= 4 is 40.6 Å². The molecule has 0 spiro atoms. The third-order valence-electron chi connectivity index (χ3n) is 6.10. The fraction of sp³-hybridized carbons (Fsp3) is 0.500. The largest absolute Gasteiger partial charge is 0.334 e. The summed E-state index contributed by atoms with van der Waals surface area (Å²) in [5, 5.41) is 5.54. The number of nitrogens with one attached hydrogen (secondary N) is 1. The molecule has 2 aliphatic rings. The Labute approximate surface area is 186 Å². The maximum absolute atomic E-state index is 13.0. The summed E-state index contributed by atoms with van der Waals surface area (Å²) in [5.41, 5.74) is 1.33. The first kappa shape index (κ1) is 21.3. The highest BCUT2D eigenvalue weighted by atomic mass is 35.5. The summed E-state index contributed by atoms with van der Waals surface area (Å²) in [4.78, 5) is 35.4. The van der Waals surface area contributed by atoms with Crippen molar-refractivity contribution in [2.75, 3.05) is 31.5 Å². The number of anilines is 1. The molecule has 4 rings (SSSR count). The summed E-state index contributed by atoms with van der Waals surface area (Å²) < 4.78 is 0. The van der Waals surface area contributed by atoms with Gasteiger partial charge in [0.05, 0.1) is 17.6 Å². The van der Waals surface area contributed by atoms with Gasteiger partial charge in [0.25, 0.3) is 0 Å². The van der Waals surface area contributed by atoms with E-state index in [9.17, 15) is 9.59 Å². The average Bonchev–Trinajstić information content (AvgIpc) is 3.24. The van der Waals surface area contributed by atoms with Gasteiger partial charge >= 0.3 is 0 Å². The molecule has 6 nitrogen and oxygen atoms in total. The van der Waals surface area contributed by atoms with Gasteiger partial charge in [0.1, 0.15) is 5.82 Å². The maximum atomic E-state index is 13.0. The molecule has 1 atom stereocenters. The molecule has 0 bridgehead atoms. The number of carbonyl (C=O) groups excluding carboxylic acids is 2. The molecule has 2 aromatic heterocycles. The van der Waals surface area contributed by atoms with E-state index in [4.69, 9.17) is 11.6 Å². The molecular formula is C22H27ClN4O2S. The molecule has 30 heavy (non-hydrogen) atoms. The maximum Gasteiger partial charge on any atom is 0.237 e. The number of piperidine rings is 1. The minimum atomic E-state index is -0.0550. The highest BCUT2D eigenvalue weighted by molar-refractivity contribution is 7.10. The predicted octanol–water partition coefficient (Wildman–Crippen LogP) is 3.98. The van der Waals surface area contributed by atoms with E-state index in [2.05, 4.69) is 38.5 Å². The number of carbonyl (C=O) groups is 2. The van der Waals surface area contributed by atoms with E-state index in [0.717, 1.165) is 45.3 Å². The van der Waals surface area contributed by atoms with Crippen molar-refractivity contribution in [3.05, 3.63) is 45.2 Å². The zero-order valence-corrected chi connectivity index (χ0v) is 18.7. The molecule has 2 amide bonds. The lowest BCUT2D eigenvalue weighted by molar-refractivity contribution is -0.135. The van der Waals surface area contributed by atoms with Crippen LogP contribution in [0.15, 0.2) is 29.8 Å². The summed E-state index contributed by atoms with van der Waals surface area (Å²) in [6.45, 7) is 4.90. The molecule has 0 saturated carbocycles. The molecule has 1 N–H and O–H groups in total. The van der Waals surface area contributed by atoms with E-state index in [-0.39, 0.29) is 23.8 Å². The summed E-state index contributed by atoms with van der Waals surface area (Å²) in [7, 11) is 0. The topological polar surface area (TPSA) is 65.5 Å². The van der Waals surface area contributed by atoms with Crippen LogP contribution < -0.4 is 5.32 Å². The van der Waals surface area contributed by atoms with Crippen molar-refractivity contribution in [1.29, 1.82) is 0 Å². The van der Waals surface area contributed by atoms with Gasteiger partial charge in [-0.25, -0.2) is 4.98 Å². The number of halogens is 1. The highest BCUT2D eigenvalue weighted by Gasteiger charge is 2.32. The van der Waals surface area contributed by atoms with Gasteiger partial charge in [-0.3, -0.25) is 14.5 Å². The normalized spacial score (nSPS) is 20.1. The molecule has 8 heteroatoms. The SMILES string of the molecule is CCC1c2ccsc2CCN1C(=O)CN1CCC(C(=O)Nc2ccc(Cl)cn2)CC1. The van der Waals surface area contributed by atoms with Gasteiger partial charge < -0.3 is 10.2 Å². The van der Waals surface area contributed by atoms with Crippen molar-refractivity contribution in [2.24, 2.45) is 5.92 Å². The number of nitrogens with zero attached hydrogens (tertiary/aromatic N) is 3. The molecule has 1 fully saturated rings. The summed E-state index contributed by atoms with van der Waals surface area (Å²) in [6, 6.07) is 5.78. The van der Waals surface area contributed by atoms with E-state index in [1.165, 1.54) is 16.6 Å². The van der Waals surface area contributed by atoms with E-state index in [0.29, 0.717) is 17.4 Å². The lowest BCUT2D eigenvalue weighted by Crippen LogP contribution is -2.47. The smallest absolute Gasteiger partial charge is 0.237 e. The van der Waals surface area contributed by atoms with Gasteiger partial charge in [0.15, 0.2) is 0 Å². The number of likely N-dealkylation sites (tertiary alicyclic amines) is 1. The second-order valence-electron chi connectivity index (χ2n) is 7.96. The van der Waals surface area contributed by atoms with Crippen LogP contribution in [0.3, 0.4) is 0 Å². The first-order valence-electron chi connectivity index (χ1n) is 10.6. The Hall–Kier alpha value is -1.96. The molecule has 160 valence electrons. The Bertz CT molecular complexity index is 893. The second kappa shape index (κ2) is 9.45. The number of pyridine rings is 1. The predicted molar refractivity (Wildman–Crippen MR) is 120 cm³/mol. The zero-order valence-electron chi connectivity index (χ0n) is 17.1. The molecule has 2 aromatic rings. The number of fused-ring (bicyclic) bond motifs is 1. The van der Waals surface area contributed by atoms with E-state index < -0.39 is 0 Å². The summed E-state index contributed by atoms with van der Waals surface area (Å²) in [5.74, 6) is 0.654. The number of hydrogen-bond donors (Lipinski definition) is 1. The van der Waals surface area contributed by atoms with Gasteiger partial charge in [-0.15, -0.1) is 11.3 Å². The Balaban J connectivity index is 1.28. The summed E-state index contributed by atoms with van der Waals surface area (Å²) in [6.07, 6.45) is 4.92. The van der Waals surface area contributed by atoms with E-state index in [1.54, 1.807) is 23.5 Å². The second-order valence-corrected chi connectivity index (χ2v) is 9.40. The number of thiophene rings is 1. The Morgan fingerprint density at radius 3 is 2.73 bits per heavy atom. The van der Waals surface area contributed by atoms with Crippen molar-refractivity contribution < 1.29 is 9.59 Å². The minimum absolute atomic E-state index is 0.0112. The van der Waals surface area contributed by atoms with Crippen molar-refractivity contribution in [3.63, 3.8) is 0 Å². The van der Waals surface area contributed by atoms with Gasteiger partial charge in [0.2, 0.25) is 11.8 Å². The summed E-state index contributed by atoms with van der Waals surface area (Å²) >= 11 is 7.64. The zero-order chi connectivity index (χ0) is 21.1. The fourth-order valence-electron chi connectivity index (χ4n) is 4.45. The van der Waals surface area contributed by atoms with Crippen molar-refractivity contribution in [1.82, 2.24) is 14.8 Å². The van der Waals surface area contributed by atoms with Crippen LogP contribution in [0.5, 0.6) is 0 Å². The lowest BCUT2D eigenvalue weighted by atomic mass is 9.95. The van der Waals surface area contributed by atoms with Crippen LogP contribution in [-0.2, 0) is 16.0 Å². The monoisotopic (exact) mass is 446 g/mol. The first-order valence-corrected chi connectivity index (χ1v) is 11.8. The van der Waals surface area contributed by atoms with Crippen LogP contribution in [0.2, 0.25) is 5.02 Å². The Kier molecular flexibility index (Phi) is 6.71. The van der Waals surface area contributed by atoms with Crippen LogP contribution in [0.1, 0.15) is 42.7 Å². The van der Waals surface area contributed by atoms with Crippen molar-refractivity contribution in [2.45, 2.75) is 38.6 Å². The van der Waals surface area contributed by atoms with Crippen LogP contribution in [0, 0.1) is 5.92 Å². The van der Waals surface area contributed by atoms with Crippen molar-refractivity contribution in [3.8, 4) is 0 Å². The third-order valence-corrected chi connectivity index (χ3v) is 7.32. The lowest BCUT2D eigenvalue weighted by Gasteiger charge is -2.38. The van der Waals surface area contributed by atoms with Crippen LogP contribution in [0.25, 0.3) is 0 Å². The molecule has 0 radical (unpaired) electrons. The van der Waals surface area contributed by atoms with Gasteiger partial charge in [-0.1, -0.05) is 18.5 Å². The molecule has 2 aliphatic heterocycles. The fourth-order valence-corrected chi connectivity index (χ4v) is 5.49. The number of rotatable bonds is 5. The molecule has 0 aromatic carbocycles.